The van der Waals surface area contributed by atoms with Gasteiger partial charge in [0.25, 0.3) is 0 Å². The zero-order valence-corrected chi connectivity index (χ0v) is 18.8. The second-order valence-electron chi connectivity index (χ2n) is 8.79. The van der Waals surface area contributed by atoms with Gasteiger partial charge < -0.3 is 9.80 Å². The third-order valence-electron chi connectivity index (χ3n) is 4.41. The molecule has 0 spiro atoms. The maximum atomic E-state index is 13.3. The Morgan fingerprint density at radius 3 is 2.21 bits per heavy atom. The Morgan fingerprint density at radius 1 is 1.03 bits per heavy atom. The molecular weight excluding hydrogens is 387 g/mol. The Balaban J connectivity index is 2.21. The van der Waals surface area contributed by atoms with E-state index >= 15 is 0 Å². The lowest BCUT2D eigenvalue weighted by atomic mass is 9.94. The third-order valence-corrected chi connectivity index (χ3v) is 5.27. The van der Waals surface area contributed by atoms with Crippen LogP contribution in [-0.4, -0.2) is 34.7 Å². The van der Waals surface area contributed by atoms with Crippen molar-refractivity contribution in [3.05, 3.63) is 58.0 Å². The molecule has 0 aliphatic heterocycles. The topological polar surface area (TPSA) is 40.6 Å². The number of amides is 2. The molecule has 1 aromatic carbocycles. The van der Waals surface area contributed by atoms with Crippen molar-refractivity contribution >= 4 is 23.2 Å². The summed E-state index contributed by atoms with van der Waals surface area (Å²) in [4.78, 5) is 30.6. The van der Waals surface area contributed by atoms with Crippen molar-refractivity contribution in [1.82, 2.24) is 9.80 Å². The summed E-state index contributed by atoms with van der Waals surface area (Å²) in [5.41, 5.74) is 0.305. The smallest absolute Gasteiger partial charge is 0.242 e. The Bertz CT molecular complexity index is 795. The van der Waals surface area contributed by atoms with Crippen molar-refractivity contribution in [2.75, 3.05) is 13.1 Å². The van der Waals surface area contributed by atoms with Crippen LogP contribution in [0.15, 0.2) is 41.8 Å². The summed E-state index contributed by atoms with van der Waals surface area (Å²) in [5.74, 6) is -0.181. The SMILES string of the molecule is CC(C)CN(CC(=O)N(Cc1ccc(F)cc1)Cc1cccs1)C(=O)C(C)(C)C. The van der Waals surface area contributed by atoms with Gasteiger partial charge in [0.15, 0.2) is 0 Å². The molecule has 1 heterocycles. The zero-order chi connectivity index (χ0) is 21.6. The molecule has 2 rings (SSSR count). The molecule has 6 heteroatoms. The Morgan fingerprint density at radius 2 is 1.69 bits per heavy atom. The number of carbonyl (C=O) groups is 2. The molecule has 2 aromatic rings. The van der Waals surface area contributed by atoms with Crippen LogP contribution in [0.3, 0.4) is 0 Å². The number of hydrogen-bond acceptors (Lipinski definition) is 3. The summed E-state index contributed by atoms with van der Waals surface area (Å²) in [6, 6.07) is 10.1. The lowest BCUT2D eigenvalue weighted by Crippen LogP contribution is -2.47. The van der Waals surface area contributed by atoms with Gasteiger partial charge in [-0.2, -0.15) is 0 Å². The lowest BCUT2D eigenvalue weighted by molar-refractivity contribution is -0.146. The highest BCUT2D eigenvalue weighted by Gasteiger charge is 2.30. The van der Waals surface area contributed by atoms with Crippen molar-refractivity contribution in [2.24, 2.45) is 11.3 Å². The minimum absolute atomic E-state index is 0.0302. The third kappa shape index (κ3) is 7.28. The first-order valence-electron chi connectivity index (χ1n) is 9.90. The number of nitrogens with zero attached hydrogens (tertiary/aromatic N) is 2. The second kappa shape index (κ2) is 10.0. The van der Waals surface area contributed by atoms with Gasteiger partial charge in [0.05, 0.1) is 13.1 Å². The monoisotopic (exact) mass is 418 g/mol. The molecule has 0 saturated heterocycles. The van der Waals surface area contributed by atoms with Gasteiger partial charge >= 0.3 is 0 Å². The molecule has 0 N–H and O–H groups in total. The van der Waals surface area contributed by atoms with Crippen LogP contribution in [0.2, 0.25) is 0 Å². The summed E-state index contributed by atoms with van der Waals surface area (Å²) in [6.45, 7) is 11.1. The Labute approximate surface area is 177 Å². The average Bonchev–Trinajstić information content (AvgIpc) is 3.13. The van der Waals surface area contributed by atoms with E-state index in [1.54, 1.807) is 33.3 Å². The van der Waals surface area contributed by atoms with E-state index in [0.29, 0.717) is 19.6 Å². The van der Waals surface area contributed by atoms with Crippen LogP contribution in [0.1, 0.15) is 45.1 Å². The summed E-state index contributed by atoms with van der Waals surface area (Å²) in [7, 11) is 0. The average molecular weight is 419 g/mol. The van der Waals surface area contributed by atoms with Crippen molar-refractivity contribution in [1.29, 1.82) is 0 Å². The number of halogens is 1. The van der Waals surface area contributed by atoms with Crippen LogP contribution < -0.4 is 0 Å². The van der Waals surface area contributed by atoms with Gasteiger partial charge in [0, 0.05) is 23.4 Å². The number of thiophene rings is 1. The minimum Gasteiger partial charge on any atom is -0.333 e. The van der Waals surface area contributed by atoms with Crippen molar-refractivity contribution < 1.29 is 14.0 Å². The molecule has 29 heavy (non-hydrogen) atoms. The molecule has 0 radical (unpaired) electrons. The predicted molar refractivity (Wildman–Crippen MR) is 116 cm³/mol. The fourth-order valence-corrected chi connectivity index (χ4v) is 3.75. The maximum Gasteiger partial charge on any atom is 0.242 e. The lowest BCUT2D eigenvalue weighted by Gasteiger charge is -2.32. The maximum absolute atomic E-state index is 13.3. The Kier molecular flexibility index (Phi) is 7.96. The van der Waals surface area contributed by atoms with Crippen molar-refractivity contribution in [2.45, 2.75) is 47.7 Å². The Hall–Kier alpha value is -2.21. The standard InChI is InChI=1S/C23H31FN2O2S/c1-17(2)13-26(22(28)23(3,4)5)16-21(27)25(15-20-7-6-12-29-20)14-18-8-10-19(24)11-9-18/h6-12,17H,13-16H2,1-5H3. The van der Waals surface area contributed by atoms with E-state index in [1.165, 1.54) is 12.1 Å². The number of rotatable bonds is 8. The van der Waals surface area contributed by atoms with Crippen LogP contribution in [0.4, 0.5) is 4.39 Å². The van der Waals surface area contributed by atoms with Gasteiger partial charge in [-0.1, -0.05) is 52.8 Å². The van der Waals surface area contributed by atoms with Crippen LogP contribution in [0.5, 0.6) is 0 Å². The molecule has 4 nitrogen and oxygen atoms in total. The first-order chi connectivity index (χ1) is 13.6. The summed E-state index contributed by atoms with van der Waals surface area (Å²) in [5, 5.41) is 1.98. The molecule has 0 aliphatic rings. The van der Waals surface area contributed by atoms with E-state index in [0.717, 1.165) is 10.4 Å². The summed E-state index contributed by atoms with van der Waals surface area (Å²) < 4.78 is 13.3. The fraction of sp³-hybridized carbons (Fsp3) is 0.478. The summed E-state index contributed by atoms with van der Waals surface area (Å²) in [6.07, 6.45) is 0. The first-order valence-corrected chi connectivity index (χ1v) is 10.8. The molecule has 2 amide bonds. The van der Waals surface area contributed by atoms with E-state index < -0.39 is 5.41 Å². The van der Waals surface area contributed by atoms with Crippen molar-refractivity contribution in [3.63, 3.8) is 0 Å². The molecular formula is C23H31FN2O2S. The fourth-order valence-electron chi connectivity index (χ4n) is 3.03. The quantitative estimate of drug-likeness (QED) is 0.609. The molecule has 0 fully saturated rings. The largest absolute Gasteiger partial charge is 0.333 e. The molecule has 0 atom stereocenters. The zero-order valence-electron chi connectivity index (χ0n) is 17.9. The molecule has 0 unspecified atom stereocenters. The van der Waals surface area contributed by atoms with Gasteiger partial charge in [-0.25, -0.2) is 4.39 Å². The predicted octanol–water partition coefficient (Wildman–Crippen LogP) is 4.95. The van der Waals surface area contributed by atoms with E-state index in [4.69, 9.17) is 0 Å². The number of hydrogen-bond donors (Lipinski definition) is 0. The van der Waals surface area contributed by atoms with Gasteiger partial charge in [-0.15, -0.1) is 11.3 Å². The van der Waals surface area contributed by atoms with E-state index in [1.807, 2.05) is 52.1 Å². The molecule has 0 saturated carbocycles. The highest BCUT2D eigenvalue weighted by molar-refractivity contribution is 7.09. The van der Waals surface area contributed by atoms with E-state index in [-0.39, 0.29) is 30.1 Å². The van der Waals surface area contributed by atoms with Crippen LogP contribution in [0.25, 0.3) is 0 Å². The van der Waals surface area contributed by atoms with Crippen molar-refractivity contribution in [3.8, 4) is 0 Å². The number of benzene rings is 1. The highest BCUT2D eigenvalue weighted by atomic mass is 32.1. The highest BCUT2D eigenvalue weighted by Crippen LogP contribution is 2.20. The van der Waals surface area contributed by atoms with Gasteiger partial charge in [-0.05, 0) is 35.1 Å². The van der Waals surface area contributed by atoms with Crippen LogP contribution >= 0.6 is 11.3 Å². The molecule has 0 bridgehead atoms. The van der Waals surface area contributed by atoms with Gasteiger partial charge in [-0.3, -0.25) is 9.59 Å². The van der Waals surface area contributed by atoms with Gasteiger partial charge in [0.2, 0.25) is 11.8 Å². The van der Waals surface area contributed by atoms with E-state index in [9.17, 15) is 14.0 Å². The number of carbonyl (C=O) groups excluding carboxylic acids is 2. The molecule has 0 aliphatic carbocycles. The minimum atomic E-state index is -0.551. The molecule has 1 aromatic heterocycles. The molecule has 158 valence electrons. The summed E-state index contributed by atoms with van der Waals surface area (Å²) >= 11 is 1.59. The van der Waals surface area contributed by atoms with E-state index in [2.05, 4.69) is 0 Å². The first kappa shape index (κ1) is 23.1. The van der Waals surface area contributed by atoms with Gasteiger partial charge in [0.1, 0.15) is 5.82 Å². The van der Waals surface area contributed by atoms with Crippen LogP contribution in [-0.2, 0) is 22.7 Å². The van der Waals surface area contributed by atoms with Crippen LogP contribution in [0, 0.1) is 17.2 Å². The second-order valence-corrected chi connectivity index (χ2v) is 9.82. The normalized spacial score (nSPS) is 11.6.